The van der Waals surface area contributed by atoms with Crippen molar-refractivity contribution >= 4 is 68.8 Å². The van der Waals surface area contributed by atoms with E-state index in [4.69, 9.17) is 5.26 Å². The summed E-state index contributed by atoms with van der Waals surface area (Å²) in [6, 6.07) is 8.40. The van der Waals surface area contributed by atoms with Crippen molar-refractivity contribution in [3.63, 3.8) is 0 Å². The van der Waals surface area contributed by atoms with Crippen LogP contribution in [0.25, 0.3) is 10.8 Å². The largest absolute Gasteiger partial charge is 0.505 e. The summed E-state index contributed by atoms with van der Waals surface area (Å²) >= 11 is 0.367. The smallest absolute Gasteiger partial charge is 0.356 e. The number of carbonyl (C=O) groups excluding carboxylic acids is 1. The number of carbonyl (C=O) groups is 1. The van der Waals surface area contributed by atoms with Gasteiger partial charge in [0.05, 0.1) is 38.5 Å². The Kier molecular flexibility index (Phi) is 15.2. The lowest BCUT2D eigenvalue weighted by Gasteiger charge is -2.15. The highest BCUT2D eigenvalue weighted by Gasteiger charge is 2.23. The van der Waals surface area contributed by atoms with Gasteiger partial charge in [-0.1, -0.05) is 82.2 Å². The molecule has 0 unspecified atom stereocenters. The molecule has 0 aromatic heterocycles. The van der Waals surface area contributed by atoms with Crippen LogP contribution >= 0.6 is 19.6 Å². The topological polar surface area (TPSA) is 225 Å². The van der Waals surface area contributed by atoms with Gasteiger partial charge in [0.2, 0.25) is 5.91 Å². The monoisotopic (exact) mass is 713 g/mol. The van der Waals surface area contributed by atoms with Crippen molar-refractivity contribution < 1.29 is 51.9 Å². The van der Waals surface area contributed by atoms with Crippen molar-refractivity contribution in [2.45, 2.75) is 93.8 Å². The van der Waals surface area contributed by atoms with Gasteiger partial charge in [-0.25, -0.2) is 5.26 Å². The molecule has 0 radical (unpaired) electrons. The minimum atomic E-state index is -4.75. The van der Waals surface area contributed by atoms with Crippen LogP contribution in [-0.4, -0.2) is 39.0 Å². The number of amides is 1. The SMILES string of the molecule is CCCCCCCCCCCCCC(=O)Nc1cc(S(=O)(=O)O)cc2cc(SOOO)c(N=Nc3cccc(P(=O)(O)O)c3)c(O)c12. The van der Waals surface area contributed by atoms with Crippen LogP contribution in [0, 0.1) is 0 Å². The maximum atomic E-state index is 12.9. The zero-order chi connectivity index (χ0) is 34.5. The average molecular weight is 714 g/mol. The fourth-order valence-corrected chi connectivity index (χ4v) is 6.54. The van der Waals surface area contributed by atoms with Gasteiger partial charge < -0.3 is 20.2 Å². The first-order valence-corrected chi connectivity index (χ1v) is 19.0. The van der Waals surface area contributed by atoms with Gasteiger partial charge in [0.15, 0.2) is 5.75 Å². The molecule has 0 saturated carbocycles. The van der Waals surface area contributed by atoms with E-state index in [1.54, 1.807) is 0 Å². The van der Waals surface area contributed by atoms with Crippen LogP contribution < -0.4 is 10.6 Å². The van der Waals surface area contributed by atoms with Crippen LogP contribution in [0.15, 0.2) is 62.5 Å². The van der Waals surface area contributed by atoms with Crippen LogP contribution in [0.4, 0.5) is 17.1 Å². The first kappa shape index (κ1) is 38.5. The second kappa shape index (κ2) is 18.6. The van der Waals surface area contributed by atoms with Gasteiger partial charge in [0, 0.05) is 11.8 Å². The number of nitrogens with zero attached hydrogens (tertiary/aromatic N) is 2. The van der Waals surface area contributed by atoms with E-state index in [2.05, 4.69) is 31.8 Å². The first-order chi connectivity index (χ1) is 22.3. The molecule has 47 heavy (non-hydrogen) atoms. The molecule has 0 aliphatic carbocycles. The van der Waals surface area contributed by atoms with Crippen molar-refractivity contribution in [2.24, 2.45) is 10.2 Å². The van der Waals surface area contributed by atoms with Gasteiger partial charge in [0.1, 0.15) is 5.69 Å². The molecule has 3 aromatic carbocycles. The van der Waals surface area contributed by atoms with E-state index in [-0.39, 0.29) is 44.5 Å². The third-order valence-corrected chi connectivity index (χ3v) is 9.69. The number of rotatable bonds is 20. The number of phenolic OH excluding ortho intramolecular Hbond substituents is 1. The van der Waals surface area contributed by atoms with E-state index >= 15 is 0 Å². The Morgan fingerprint density at radius 3 is 2.17 bits per heavy atom. The molecule has 1 amide bonds. The van der Waals surface area contributed by atoms with Gasteiger partial charge >= 0.3 is 7.60 Å². The molecule has 17 heteroatoms. The number of benzene rings is 3. The highest BCUT2D eigenvalue weighted by molar-refractivity contribution is 7.94. The number of phenols is 1. The highest BCUT2D eigenvalue weighted by Crippen LogP contribution is 2.47. The van der Waals surface area contributed by atoms with Crippen LogP contribution in [0.1, 0.15) is 84.0 Å². The van der Waals surface area contributed by atoms with Crippen LogP contribution in [0.5, 0.6) is 5.75 Å². The summed E-state index contributed by atoms with van der Waals surface area (Å²) in [6.07, 6.45) is 12.3. The Morgan fingerprint density at radius 1 is 0.936 bits per heavy atom. The summed E-state index contributed by atoms with van der Waals surface area (Å²) in [7, 11) is -9.35. The summed E-state index contributed by atoms with van der Waals surface area (Å²) in [5.41, 5.74) is -0.388. The fraction of sp³-hybridized carbons (Fsp3) is 0.433. The van der Waals surface area contributed by atoms with Crippen molar-refractivity contribution in [2.75, 3.05) is 5.32 Å². The predicted octanol–water partition coefficient (Wildman–Crippen LogP) is 8.08. The van der Waals surface area contributed by atoms with Crippen molar-refractivity contribution in [3.05, 3.63) is 42.5 Å². The first-order valence-electron chi connectivity index (χ1n) is 15.2. The maximum Gasteiger partial charge on any atom is 0.356 e. The number of aromatic hydroxyl groups is 1. The molecule has 0 aliphatic rings. The van der Waals surface area contributed by atoms with Crippen LogP contribution in [-0.2, 0) is 28.8 Å². The van der Waals surface area contributed by atoms with E-state index < -0.39 is 34.3 Å². The molecule has 0 spiro atoms. The Morgan fingerprint density at radius 2 is 1.57 bits per heavy atom. The van der Waals surface area contributed by atoms with Crippen LogP contribution in [0.3, 0.4) is 0 Å². The molecule has 0 saturated heterocycles. The molecule has 0 fully saturated rings. The van der Waals surface area contributed by atoms with E-state index in [0.717, 1.165) is 43.9 Å². The number of anilines is 1. The van der Waals surface area contributed by atoms with Gasteiger partial charge in [-0.05, 0) is 48.2 Å². The quantitative estimate of drug-likeness (QED) is 0.0124. The number of hydrogen-bond donors (Lipinski definition) is 6. The third-order valence-electron chi connectivity index (χ3n) is 7.29. The standard InChI is InChI=1S/C30H40N3O11PS2/c1-2-3-4-5-6-7-8-9-10-11-12-16-27(34)31-25-20-24(47(40,41)42)17-21-18-26(46-44-43-36)29(30(35)28(21)25)33-32-22-14-13-15-23(19-22)45(37,38)39/h13-15,17-20,35-36H,2-12,16H2,1H3,(H,31,34)(H2,37,38,39)(H,40,41,42). The fourth-order valence-electron chi connectivity index (χ4n) is 4.93. The van der Waals surface area contributed by atoms with Crippen molar-refractivity contribution in [1.29, 1.82) is 0 Å². The zero-order valence-electron chi connectivity index (χ0n) is 25.9. The summed E-state index contributed by atoms with van der Waals surface area (Å²) in [5, 5.41) is 33.9. The van der Waals surface area contributed by atoms with Gasteiger partial charge in [-0.3, -0.25) is 13.9 Å². The lowest BCUT2D eigenvalue weighted by atomic mass is 10.0. The Labute approximate surface area is 277 Å². The molecule has 258 valence electrons. The summed E-state index contributed by atoms with van der Waals surface area (Å²) in [5.74, 6) is -1.03. The molecule has 3 aromatic rings. The van der Waals surface area contributed by atoms with Gasteiger partial charge in [-0.2, -0.15) is 13.5 Å². The molecule has 0 bridgehead atoms. The molecular weight excluding hydrogens is 673 g/mol. The number of unbranched alkanes of at least 4 members (excludes halogenated alkanes) is 10. The number of fused-ring (bicyclic) bond motifs is 1. The van der Waals surface area contributed by atoms with E-state index in [9.17, 15) is 37.2 Å². The van der Waals surface area contributed by atoms with Crippen molar-refractivity contribution in [1.82, 2.24) is 0 Å². The summed E-state index contributed by atoms with van der Waals surface area (Å²) in [6.45, 7) is 2.19. The maximum absolute atomic E-state index is 12.9. The molecule has 3 rings (SSSR count). The molecule has 0 aliphatic heterocycles. The van der Waals surface area contributed by atoms with Gasteiger partial charge in [0.25, 0.3) is 10.1 Å². The minimum absolute atomic E-state index is 0.0165. The second-order valence-electron chi connectivity index (χ2n) is 10.9. The van der Waals surface area contributed by atoms with Crippen LogP contribution in [0.2, 0.25) is 0 Å². The third kappa shape index (κ3) is 12.2. The van der Waals surface area contributed by atoms with Crippen molar-refractivity contribution in [3.8, 4) is 5.75 Å². The lowest BCUT2D eigenvalue weighted by molar-refractivity contribution is -0.432. The average Bonchev–Trinajstić information content (AvgIpc) is 3.01. The van der Waals surface area contributed by atoms with E-state index in [1.165, 1.54) is 62.8 Å². The molecule has 14 nitrogen and oxygen atoms in total. The van der Waals surface area contributed by atoms with Gasteiger partial charge in [-0.15, -0.1) is 9.45 Å². The second-order valence-corrected chi connectivity index (χ2v) is 14.7. The Balaban J connectivity index is 1.85. The predicted molar refractivity (Wildman–Crippen MR) is 178 cm³/mol. The summed E-state index contributed by atoms with van der Waals surface area (Å²) < 4.78 is 50.1. The van der Waals surface area contributed by atoms with E-state index in [0.29, 0.717) is 18.5 Å². The zero-order valence-corrected chi connectivity index (χ0v) is 28.4. The molecular formula is C30H40N3O11PS2. The number of azo groups is 1. The van der Waals surface area contributed by atoms with E-state index in [1.807, 2.05) is 0 Å². The molecule has 0 atom stereocenters. The Bertz CT molecular complexity index is 1700. The highest BCUT2D eigenvalue weighted by atomic mass is 32.2. The number of hydrogen-bond acceptors (Lipinski definition) is 11. The lowest BCUT2D eigenvalue weighted by Crippen LogP contribution is -2.12. The molecule has 0 heterocycles. The molecule has 6 N–H and O–H groups in total. The number of nitrogens with one attached hydrogen (secondary N) is 1. The minimum Gasteiger partial charge on any atom is -0.505 e. The summed E-state index contributed by atoms with van der Waals surface area (Å²) in [4.78, 5) is 31.3. The Hall–Kier alpha value is -2.92. The normalized spacial score (nSPS) is 12.3.